The van der Waals surface area contributed by atoms with E-state index >= 15 is 0 Å². The molecule has 0 bridgehead atoms. The van der Waals surface area contributed by atoms with E-state index < -0.39 is 4.92 Å². The lowest BCUT2D eigenvalue weighted by atomic mass is 10.6. The lowest BCUT2D eigenvalue weighted by Gasteiger charge is -1.69. The van der Waals surface area contributed by atoms with Gasteiger partial charge in [-0.1, -0.05) is 5.92 Å². The summed E-state index contributed by atoms with van der Waals surface area (Å²) in [6.07, 6.45) is 2.00. The Morgan fingerprint density at radius 1 is 1.75 bits per heavy atom. The molecule has 0 N–H and O–H groups in total. The third kappa shape index (κ3) is 4.70. The minimum Gasteiger partial charge on any atom is -0.259 e. The molecule has 0 fully saturated rings. The number of rotatable bonds is 1. The Kier molecular flexibility index (Phi) is 3.25. The van der Waals surface area contributed by atoms with Crippen molar-refractivity contribution in [1.29, 1.82) is 0 Å². The highest BCUT2D eigenvalue weighted by Crippen LogP contribution is 1.69. The van der Waals surface area contributed by atoms with Crippen LogP contribution >= 0.6 is 0 Å². The van der Waals surface area contributed by atoms with Crippen molar-refractivity contribution in [2.45, 2.75) is 6.92 Å². The zero-order valence-electron chi connectivity index (χ0n) is 4.42. The van der Waals surface area contributed by atoms with Crippen molar-refractivity contribution in [2.75, 3.05) is 0 Å². The highest BCUT2D eigenvalue weighted by atomic mass is 16.6. The third-order valence-electron chi connectivity index (χ3n) is 0.424. The molecule has 8 heavy (non-hydrogen) atoms. The molecule has 3 heteroatoms. The van der Waals surface area contributed by atoms with E-state index in [9.17, 15) is 10.1 Å². The zero-order chi connectivity index (χ0) is 6.41. The van der Waals surface area contributed by atoms with E-state index in [1.54, 1.807) is 6.92 Å². The molecular weight excluding hydrogens is 106 g/mol. The predicted molar refractivity (Wildman–Crippen MR) is 29.6 cm³/mol. The highest BCUT2D eigenvalue weighted by molar-refractivity contribution is 5.11. The van der Waals surface area contributed by atoms with E-state index in [0.29, 0.717) is 0 Å². The van der Waals surface area contributed by atoms with Crippen LogP contribution in [0.1, 0.15) is 6.92 Å². The molecule has 0 aliphatic carbocycles. The first kappa shape index (κ1) is 6.70. The van der Waals surface area contributed by atoms with Crippen molar-refractivity contribution < 1.29 is 4.92 Å². The molecule has 0 radical (unpaired) electrons. The summed E-state index contributed by atoms with van der Waals surface area (Å²) < 4.78 is 0. The standard InChI is InChI=1S/C5H5NO2/c1-2-3-4-5-6(7)8/h4-5H,1H3/b5-4+. The Labute approximate surface area is 47.2 Å². The van der Waals surface area contributed by atoms with Gasteiger partial charge in [0.25, 0.3) is 0 Å². The van der Waals surface area contributed by atoms with Crippen molar-refractivity contribution in [2.24, 2.45) is 0 Å². The smallest absolute Gasteiger partial charge is 0.242 e. The number of nitrogens with zero attached hydrogens (tertiary/aromatic N) is 1. The number of hydrogen-bond acceptors (Lipinski definition) is 2. The Balaban J connectivity index is 3.61. The van der Waals surface area contributed by atoms with Crippen LogP contribution in [0.5, 0.6) is 0 Å². The minimum atomic E-state index is -0.551. The number of nitro groups is 1. The second-order valence-electron chi connectivity index (χ2n) is 0.995. The van der Waals surface area contributed by atoms with E-state index in [-0.39, 0.29) is 0 Å². The van der Waals surface area contributed by atoms with E-state index in [2.05, 4.69) is 11.8 Å². The van der Waals surface area contributed by atoms with Gasteiger partial charge in [0.05, 0.1) is 11.0 Å². The molecule has 0 atom stereocenters. The first-order valence-electron chi connectivity index (χ1n) is 2.00. The fourth-order valence-corrected chi connectivity index (χ4v) is 0.181. The maximum atomic E-state index is 9.53. The fourth-order valence-electron chi connectivity index (χ4n) is 0.181. The minimum absolute atomic E-state index is 0.551. The van der Waals surface area contributed by atoms with Crippen molar-refractivity contribution in [1.82, 2.24) is 0 Å². The lowest BCUT2D eigenvalue weighted by Crippen LogP contribution is -1.80. The molecule has 0 saturated carbocycles. The van der Waals surface area contributed by atoms with Gasteiger partial charge in [-0.3, -0.25) is 10.1 Å². The first-order chi connectivity index (χ1) is 3.77. The van der Waals surface area contributed by atoms with Gasteiger partial charge in [-0.25, -0.2) is 0 Å². The maximum absolute atomic E-state index is 9.53. The Hall–Kier alpha value is -1.30. The van der Waals surface area contributed by atoms with Crippen molar-refractivity contribution in [3.05, 3.63) is 22.4 Å². The summed E-state index contributed by atoms with van der Waals surface area (Å²) in [5, 5.41) is 9.53. The molecule has 0 saturated heterocycles. The molecule has 0 aromatic heterocycles. The summed E-state index contributed by atoms with van der Waals surface area (Å²) in [6.45, 7) is 1.62. The largest absolute Gasteiger partial charge is 0.259 e. The summed E-state index contributed by atoms with van der Waals surface area (Å²) in [4.78, 5) is 8.97. The van der Waals surface area contributed by atoms with Crippen LogP contribution < -0.4 is 0 Å². The topological polar surface area (TPSA) is 43.1 Å². The maximum Gasteiger partial charge on any atom is 0.242 e. The second kappa shape index (κ2) is 3.88. The zero-order valence-corrected chi connectivity index (χ0v) is 4.42. The molecule has 42 valence electrons. The Morgan fingerprint density at radius 3 is 2.75 bits per heavy atom. The highest BCUT2D eigenvalue weighted by Gasteiger charge is 1.76. The van der Waals surface area contributed by atoms with E-state index in [1.165, 1.54) is 6.08 Å². The molecular formula is C5H5NO2. The Morgan fingerprint density at radius 2 is 2.38 bits per heavy atom. The van der Waals surface area contributed by atoms with Crippen molar-refractivity contribution >= 4 is 0 Å². The molecule has 0 spiro atoms. The summed E-state index contributed by atoms with van der Waals surface area (Å²) in [7, 11) is 0. The summed E-state index contributed by atoms with van der Waals surface area (Å²) in [6, 6.07) is 0. The van der Waals surface area contributed by atoms with Gasteiger partial charge >= 0.3 is 0 Å². The van der Waals surface area contributed by atoms with Crippen LogP contribution in [0.2, 0.25) is 0 Å². The Bertz CT molecular complexity index is 161. The van der Waals surface area contributed by atoms with Gasteiger partial charge in [0.15, 0.2) is 0 Å². The monoisotopic (exact) mass is 111 g/mol. The van der Waals surface area contributed by atoms with Crippen LogP contribution in [0.3, 0.4) is 0 Å². The number of allylic oxidation sites excluding steroid dienone is 1. The SMILES string of the molecule is CC#C/C=C/[N+](=O)[O-]. The first-order valence-corrected chi connectivity index (χ1v) is 2.00. The van der Waals surface area contributed by atoms with Gasteiger partial charge in [-0.15, -0.1) is 5.92 Å². The van der Waals surface area contributed by atoms with E-state index in [4.69, 9.17) is 0 Å². The van der Waals surface area contributed by atoms with Crippen LogP contribution in [0.4, 0.5) is 0 Å². The summed E-state index contributed by atoms with van der Waals surface area (Å²) >= 11 is 0. The molecule has 0 aliphatic rings. The molecule has 0 aromatic carbocycles. The van der Waals surface area contributed by atoms with Gasteiger partial charge in [0, 0.05) is 0 Å². The normalized spacial score (nSPS) is 8.12. The van der Waals surface area contributed by atoms with Crippen molar-refractivity contribution in [3.63, 3.8) is 0 Å². The van der Waals surface area contributed by atoms with E-state index in [1.807, 2.05) is 0 Å². The third-order valence-corrected chi connectivity index (χ3v) is 0.424. The average Bonchev–Trinajstić information content (AvgIpc) is 1.66. The van der Waals surface area contributed by atoms with Gasteiger partial charge < -0.3 is 0 Å². The van der Waals surface area contributed by atoms with Crippen LogP contribution in [0, 0.1) is 22.0 Å². The molecule has 0 heterocycles. The molecule has 0 aromatic rings. The van der Waals surface area contributed by atoms with Crippen LogP contribution in [-0.2, 0) is 0 Å². The van der Waals surface area contributed by atoms with Crippen LogP contribution in [0.25, 0.3) is 0 Å². The van der Waals surface area contributed by atoms with Gasteiger partial charge in [0.2, 0.25) is 6.20 Å². The summed E-state index contributed by atoms with van der Waals surface area (Å²) in [5.74, 6) is 4.89. The van der Waals surface area contributed by atoms with Crippen molar-refractivity contribution in [3.8, 4) is 11.8 Å². The second-order valence-corrected chi connectivity index (χ2v) is 0.995. The van der Waals surface area contributed by atoms with Gasteiger partial charge in [0.1, 0.15) is 0 Å². The summed E-state index contributed by atoms with van der Waals surface area (Å²) in [5.41, 5.74) is 0. The predicted octanol–water partition coefficient (Wildman–Crippen LogP) is 0.800. The number of hydrogen-bond donors (Lipinski definition) is 0. The molecule has 0 unspecified atom stereocenters. The van der Waals surface area contributed by atoms with Crippen LogP contribution in [-0.4, -0.2) is 4.92 Å². The van der Waals surface area contributed by atoms with Gasteiger partial charge in [-0.2, -0.15) is 0 Å². The molecule has 0 amide bonds. The quantitative estimate of drug-likeness (QED) is 0.285. The molecule has 0 rings (SSSR count). The average molecular weight is 111 g/mol. The van der Waals surface area contributed by atoms with Crippen LogP contribution in [0.15, 0.2) is 12.3 Å². The van der Waals surface area contributed by atoms with Gasteiger partial charge in [-0.05, 0) is 6.92 Å². The fraction of sp³-hybridized carbons (Fsp3) is 0.200. The molecule has 3 nitrogen and oxygen atoms in total. The lowest BCUT2D eigenvalue weighted by molar-refractivity contribution is -0.402. The molecule has 0 aliphatic heterocycles. The van der Waals surface area contributed by atoms with E-state index in [0.717, 1.165) is 6.20 Å².